The molecule has 1 aliphatic rings. The van der Waals surface area contributed by atoms with Crippen LogP contribution in [0.5, 0.6) is 0 Å². The summed E-state index contributed by atoms with van der Waals surface area (Å²) in [5.74, 6) is 0. The van der Waals surface area contributed by atoms with Crippen molar-refractivity contribution in [3.05, 3.63) is 22.1 Å². The van der Waals surface area contributed by atoms with E-state index in [1.54, 1.807) is 6.07 Å². The first-order valence-electron chi connectivity index (χ1n) is 6.13. The molecule has 0 fully saturated rings. The van der Waals surface area contributed by atoms with Crippen LogP contribution >= 0.6 is 0 Å². The van der Waals surface area contributed by atoms with Gasteiger partial charge in [-0.1, -0.05) is 0 Å². The molecule has 0 amide bonds. The third-order valence-electron chi connectivity index (χ3n) is 2.73. The number of anilines is 1. The van der Waals surface area contributed by atoms with Crippen molar-refractivity contribution in [1.29, 1.82) is 0 Å². The minimum absolute atomic E-state index is 0.0643. The van der Waals surface area contributed by atoms with Crippen LogP contribution in [0.2, 0.25) is 0 Å². The molecule has 0 radical (unpaired) electrons. The van der Waals surface area contributed by atoms with E-state index in [9.17, 15) is 4.79 Å². The SMILES string of the molecule is CC(C)OCCn1nc2c(cc1=O)NCCC2. The second kappa shape index (κ2) is 5.31. The molecule has 1 aliphatic heterocycles. The molecular weight excluding hydrogens is 218 g/mol. The fourth-order valence-electron chi connectivity index (χ4n) is 1.88. The molecule has 17 heavy (non-hydrogen) atoms. The number of fused-ring (bicyclic) bond motifs is 1. The number of hydrogen-bond donors (Lipinski definition) is 1. The van der Waals surface area contributed by atoms with Crippen LogP contribution in [0.1, 0.15) is 26.0 Å². The predicted octanol–water partition coefficient (Wildman–Crippen LogP) is 1.03. The fraction of sp³-hybridized carbons (Fsp3) is 0.667. The molecule has 0 aliphatic carbocycles. The molecule has 5 nitrogen and oxygen atoms in total. The number of nitrogens with one attached hydrogen (secondary N) is 1. The Morgan fingerprint density at radius 3 is 3.18 bits per heavy atom. The molecule has 5 heteroatoms. The summed E-state index contributed by atoms with van der Waals surface area (Å²) in [5, 5.41) is 7.57. The zero-order valence-corrected chi connectivity index (χ0v) is 10.4. The molecule has 0 unspecified atom stereocenters. The molecule has 1 N–H and O–H groups in total. The standard InChI is InChI=1S/C12H19N3O2/c1-9(2)17-7-6-15-12(16)8-11-10(14-15)4-3-5-13-11/h8-9,13H,3-7H2,1-2H3. The van der Waals surface area contributed by atoms with E-state index < -0.39 is 0 Å². The van der Waals surface area contributed by atoms with Crippen LogP contribution in [-0.2, 0) is 17.7 Å². The van der Waals surface area contributed by atoms with Crippen LogP contribution < -0.4 is 10.9 Å². The number of ether oxygens (including phenoxy) is 1. The molecule has 0 aromatic carbocycles. The summed E-state index contributed by atoms with van der Waals surface area (Å²) in [6.45, 7) is 5.93. The van der Waals surface area contributed by atoms with Crippen molar-refractivity contribution in [1.82, 2.24) is 9.78 Å². The third-order valence-corrected chi connectivity index (χ3v) is 2.73. The maximum absolute atomic E-state index is 11.8. The summed E-state index contributed by atoms with van der Waals surface area (Å²) in [6, 6.07) is 1.64. The van der Waals surface area contributed by atoms with E-state index in [0.717, 1.165) is 30.8 Å². The smallest absolute Gasteiger partial charge is 0.268 e. The number of hydrogen-bond acceptors (Lipinski definition) is 4. The van der Waals surface area contributed by atoms with Gasteiger partial charge in [0.25, 0.3) is 5.56 Å². The second-order valence-corrected chi connectivity index (χ2v) is 4.52. The van der Waals surface area contributed by atoms with E-state index in [-0.39, 0.29) is 11.7 Å². The van der Waals surface area contributed by atoms with E-state index >= 15 is 0 Å². The average molecular weight is 237 g/mol. The third kappa shape index (κ3) is 3.06. The Morgan fingerprint density at radius 2 is 2.41 bits per heavy atom. The van der Waals surface area contributed by atoms with Crippen molar-refractivity contribution in [2.24, 2.45) is 0 Å². The molecule has 0 atom stereocenters. The molecule has 0 bridgehead atoms. The summed E-state index contributed by atoms with van der Waals surface area (Å²) >= 11 is 0. The van der Waals surface area contributed by atoms with Gasteiger partial charge in [-0.3, -0.25) is 4.79 Å². The van der Waals surface area contributed by atoms with E-state index in [1.807, 2.05) is 13.8 Å². The Balaban J connectivity index is 2.09. The Labute approximate surface area is 101 Å². The largest absolute Gasteiger partial charge is 0.383 e. The first-order valence-corrected chi connectivity index (χ1v) is 6.13. The lowest BCUT2D eigenvalue weighted by molar-refractivity contribution is 0.0701. The highest BCUT2D eigenvalue weighted by Gasteiger charge is 2.12. The molecule has 0 saturated heterocycles. The molecule has 0 saturated carbocycles. The van der Waals surface area contributed by atoms with Crippen LogP contribution in [0, 0.1) is 0 Å². The highest BCUT2D eigenvalue weighted by atomic mass is 16.5. The van der Waals surface area contributed by atoms with Gasteiger partial charge < -0.3 is 10.1 Å². The van der Waals surface area contributed by atoms with Crippen LogP contribution in [-0.4, -0.2) is 29.0 Å². The fourth-order valence-corrected chi connectivity index (χ4v) is 1.88. The molecule has 2 heterocycles. The summed E-state index contributed by atoms with van der Waals surface area (Å²) in [6.07, 6.45) is 2.19. The number of rotatable bonds is 4. The summed E-state index contributed by atoms with van der Waals surface area (Å²) < 4.78 is 6.92. The Morgan fingerprint density at radius 1 is 1.59 bits per heavy atom. The molecule has 2 rings (SSSR count). The number of aromatic nitrogens is 2. The minimum atomic E-state index is -0.0643. The molecule has 0 spiro atoms. The second-order valence-electron chi connectivity index (χ2n) is 4.52. The van der Waals surface area contributed by atoms with Gasteiger partial charge in [-0.25, -0.2) is 4.68 Å². The van der Waals surface area contributed by atoms with Crippen molar-refractivity contribution in [3.63, 3.8) is 0 Å². The van der Waals surface area contributed by atoms with Crippen LogP contribution in [0.15, 0.2) is 10.9 Å². The lowest BCUT2D eigenvalue weighted by atomic mass is 10.1. The van der Waals surface area contributed by atoms with Crippen LogP contribution in [0.4, 0.5) is 5.69 Å². The number of aryl methyl sites for hydroxylation is 1. The van der Waals surface area contributed by atoms with E-state index in [4.69, 9.17) is 4.74 Å². The van der Waals surface area contributed by atoms with E-state index in [1.165, 1.54) is 4.68 Å². The summed E-state index contributed by atoms with van der Waals surface area (Å²) in [7, 11) is 0. The number of nitrogens with zero attached hydrogens (tertiary/aromatic N) is 2. The minimum Gasteiger partial charge on any atom is -0.383 e. The van der Waals surface area contributed by atoms with Gasteiger partial charge in [0.05, 0.1) is 30.6 Å². The Kier molecular flexibility index (Phi) is 3.78. The predicted molar refractivity (Wildman–Crippen MR) is 66.4 cm³/mol. The maximum atomic E-state index is 11.8. The van der Waals surface area contributed by atoms with Crippen molar-refractivity contribution >= 4 is 5.69 Å². The van der Waals surface area contributed by atoms with Gasteiger partial charge in [0.15, 0.2) is 0 Å². The van der Waals surface area contributed by atoms with Gasteiger partial charge >= 0.3 is 0 Å². The van der Waals surface area contributed by atoms with Crippen molar-refractivity contribution in [2.45, 2.75) is 39.3 Å². The van der Waals surface area contributed by atoms with Gasteiger partial charge in [0.2, 0.25) is 0 Å². The van der Waals surface area contributed by atoms with Crippen LogP contribution in [0.25, 0.3) is 0 Å². The van der Waals surface area contributed by atoms with Crippen molar-refractivity contribution < 1.29 is 4.74 Å². The monoisotopic (exact) mass is 237 g/mol. The van der Waals surface area contributed by atoms with Gasteiger partial charge in [0.1, 0.15) is 0 Å². The average Bonchev–Trinajstić information content (AvgIpc) is 2.29. The molecule has 1 aromatic rings. The topological polar surface area (TPSA) is 56.2 Å². The Bertz CT molecular complexity index is 440. The first kappa shape index (κ1) is 12.1. The van der Waals surface area contributed by atoms with Gasteiger partial charge in [-0.05, 0) is 26.7 Å². The molecular formula is C12H19N3O2. The highest BCUT2D eigenvalue weighted by Crippen LogP contribution is 2.16. The van der Waals surface area contributed by atoms with Gasteiger partial charge in [0, 0.05) is 12.6 Å². The molecule has 94 valence electrons. The van der Waals surface area contributed by atoms with Crippen molar-refractivity contribution in [3.8, 4) is 0 Å². The van der Waals surface area contributed by atoms with Gasteiger partial charge in [-0.2, -0.15) is 5.10 Å². The zero-order valence-electron chi connectivity index (χ0n) is 10.4. The van der Waals surface area contributed by atoms with Gasteiger partial charge in [-0.15, -0.1) is 0 Å². The molecule has 1 aromatic heterocycles. The maximum Gasteiger partial charge on any atom is 0.268 e. The highest BCUT2D eigenvalue weighted by molar-refractivity contribution is 5.48. The lowest BCUT2D eigenvalue weighted by Crippen LogP contribution is -2.28. The quantitative estimate of drug-likeness (QED) is 0.849. The van der Waals surface area contributed by atoms with Crippen molar-refractivity contribution in [2.75, 3.05) is 18.5 Å². The zero-order chi connectivity index (χ0) is 12.3. The first-order chi connectivity index (χ1) is 8.16. The normalized spacial score (nSPS) is 14.5. The summed E-state index contributed by atoms with van der Waals surface area (Å²) in [5.41, 5.74) is 1.81. The Hall–Kier alpha value is -1.36. The van der Waals surface area contributed by atoms with E-state index in [2.05, 4.69) is 10.4 Å². The van der Waals surface area contributed by atoms with E-state index in [0.29, 0.717) is 13.2 Å². The summed E-state index contributed by atoms with van der Waals surface area (Å²) in [4.78, 5) is 11.8. The lowest BCUT2D eigenvalue weighted by Gasteiger charge is -2.17. The van der Waals surface area contributed by atoms with Crippen LogP contribution in [0.3, 0.4) is 0 Å².